The molecule has 1 aliphatic carbocycles. The van der Waals surface area contributed by atoms with E-state index in [2.05, 4.69) is 5.73 Å². The van der Waals surface area contributed by atoms with Gasteiger partial charge in [-0.25, -0.2) is 8.42 Å². The van der Waals surface area contributed by atoms with Crippen LogP contribution in [0.25, 0.3) is 0 Å². The molecule has 0 aromatic heterocycles. The lowest BCUT2D eigenvalue weighted by atomic mass is 10.3. The second-order valence-electron chi connectivity index (χ2n) is 4.54. The summed E-state index contributed by atoms with van der Waals surface area (Å²) in [6.07, 6.45) is 3.22. The first-order chi connectivity index (χ1) is 7.60. The van der Waals surface area contributed by atoms with Crippen LogP contribution in [0, 0.1) is 0 Å². The van der Waals surface area contributed by atoms with Gasteiger partial charge in [0.05, 0.1) is 4.90 Å². The topological polar surface area (TPSA) is 64.8 Å². The number of hydrogen-bond acceptors (Lipinski definition) is 2. The van der Waals surface area contributed by atoms with Crippen molar-refractivity contribution in [3.8, 4) is 0 Å². The highest BCUT2D eigenvalue weighted by Crippen LogP contribution is 2.46. The van der Waals surface area contributed by atoms with E-state index >= 15 is 0 Å². The number of quaternary nitrogens is 1. The summed E-state index contributed by atoms with van der Waals surface area (Å²) in [5.41, 5.74) is 4.59. The molecule has 3 rings (SSSR count). The standard InChI is InChI=1S/C11H14N2O2S/c12-8-4-6-9(7-5-8)16(14,15)13-10-2-1-3-11(10)13/h4-7,10-11H,1-3,12H2/p+1. The molecule has 2 unspecified atom stereocenters. The van der Waals surface area contributed by atoms with Gasteiger partial charge in [0.1, 0.15) is 5.69 Å². The maximum Gasteiger partial charge on any atom is 0.243 e. The highest BCUT2D eigenvalue weighted by Gasteiger charge is 2.57. The summed E-state index contributed by atoms with van der Waals surface area (Å²) in [5, 5.41) is 0. The molecule has 1 saturated carbocycles. The van der Waals surface area contributed by atoms with Crippen molar-refractivity contribution < 1.29 is 14.2 Å². The van der Waals surface area contributed by atoms with Gasteiger partial charge in [0, 0.05) is 24.2 Å². The summed E-state index contributed by atoms with van der Waals surface area (Å²) < 4.78 is 26.1. The Kier molecular flexibility index (Phi) is 2.11. The van der Waals surface area contributed by atoms with Crippen LogP contribution in [-0.4, -0.2) is 24.8 Å². The quantitative estimate of drug-likeness (QED) is 0.763. The second-order valence-corrected chi connectivity index (χ2v) is 6.39. The van der Waals surface area contributed by atoms with E-state index in [1.54, 1.807) is 28.6 Å². The molecule has 86 valence electrons. The van der Waals surface area contributed by atoms with Gasteiger partial charge in [-0.15, -0.1) is 0 Å². The van der Waals surface area contributed by atoms with Gasteiger partial charge in [0.2, 0.25) is 10.0 Å². The molecule has 1 saturated heterocycles. The third-order valence-electron chi connectivity index (χ3n) is 3.51. The average molecular weight is 239 g/mol. The lowest BCUT2D eigenvalue weighted by Crippen LogP contribution is -2.39. The minimum absolute atomic E-state index is 0.282. The maximum absolute atomic E-state index is 12.2. The van der Waals surface area contributed by atoms with Crippen LogP contribution in [0.15, 0.2) is 29.2 Å². The van der Waals surface area contributed by atoms with Gasteiger partial charge in [0.25, 0.3) is 0 Å². The van der Waals surface area contributed by atoms with E-state index in [1.807, 2.05) is 0 Å². The zero-order valence-corrected chi connectivity index (χ0v) is 9.78. The molecule has 2 atom stereocenters. The Balaban J connectivity index is 1.92. The minimum Gasteiger partial charge on any atom is -0.325 e. The molecular formula is C11H15N2O2S+. The van der Waals surface area contributed by atoms with Crippen molar-refractivity contribution in [3.63, 3.8) is 0 Å². The van der Waals surface area contributed by atoms with Crippen molar-refractivity contribution in [1.82, 2.24) is 4.31 Å². The molecule has 0 spiro atoms. The van der Waals surface area contributed by atoms with Crippen LogP contribution in [0.5, 0.6) is 0 Å². The fraction of sp³-hybridized carbons (Fsp3) is 0.455. The van der Waals surface area contributed by atoms with Crippen molar-refractivity contribution in [2.45, 2.75) is 36.2 Å². The Hall–Kier alpha value is -0.910. The number of benzene rings is 1. The van der Waals surface area contributed by atoms with Crippen LogP contribution in [0.4, 0.5) is 5.69 Å². The van der Waals surface area contributed by atoms with Gasteiger partial charge in [-0.05, 0) is 25.0 Å². The van der Waals surface area contributed by atoms with E-state index in [4.69, 9.17) is 0 Å². The van der Waals surface area contributed by atoms with E-state index in [1.165, 1.54) is 6.42 Å². The van der Waals surface area contributed by atoms with Gasteiger partial charge >= 0.3 is 0 Å². The molecule has 1 heterocycles. The van der Waals surface area contributed by atoms with Crippen LogP contribution in [0.2, 0.25) is 0 Å². The Morgan fingerprint density at radius 1 is 1.12 bits per heavy atom. The predicted octanol–water partition coefficient (Wildman–Crippen LogP) is 0.485. The van der Waals surface area contributed by atoms with Crippen molar-refractivity contribution in [2.24, 2.45) is 0 Å². The molecular weight excluding hydrogens is 224 g/mol. The smallest absolute Gasteiger partial charge is 0.243 e. The van der Waals surface area contributed by atoms with E-state index in [0.717, 1.165) is 18.5 Å². The van der Waals surface area contributed by atoms with Gasteiger partial charge in [-0.2, -0.15) is 4.31 Å². The number of nitrogens with zero attached hydrogens (tertiary/aromatic N) is 1. The van der Waals surface area contributed by atoms with E-state index in [9.17, 15) is 8.42 Å². The third kappa shape index (κ3) is 1.39. The Labute approximate surface area is 95.1 Å². The lowest BCUT2D eigenvalue weighted by molar-refractivity contribution is -0.254. The summed E-state index contributed by atoms with van der Waals surface area (Å²) in [5.74, 6) is 0. The van der Waals surface area contributed by atoms with Crippen LogP contribution >= 0.6 is 0 Å². The summed E-state index contributed by atoms with van der Waals surface area (Å²) in [4.78, 5) is 0.397. The minimum atomic E-state index is -3.24. The first-order valence-electron chi connectivity index (χ1n) is 5.56. The normalized spacial score (nSPS) is 32.4. The van der Waals surface area contributed by atoms with Crippen LogP contribution in [-0.2, 0) is 10.0 Å². The maximum atomic E-state index is 12.2. The van der Waals surface area contributed by atoms with Crippen LogP contribution in [0.3, 0.4) is 0 Å². The van der Waals surface area contributed by atoms with Crippen molar-refractivity contribution in [2.75, 3.05) is 0 Å². The fourth-order valence-corrected chi connectivity index (χ4v) is 4.50. The number of sulfonamides is 1. The Bertz CT molecular complexity index is 499. The van der Waals surface area contributed by atoms with Gasteiger partial charge in [-0.1, -0.05) is 6.42 Å². The summed E-state index contributed by atoms with van der Waals surface area (Å²) in [7, 11) is -3.24. The summed E-state index contributed by atoms with van der Waals surface area (Å²) in [6, 6.07) is 7.34. The van der Waals surface area contributed by atoms with Gasteiger partial charge in [-0.3, -0.25) is 0 Å². The lowest BCUT2D eigenvalue weighted by Gasteiger charge is -2.08. The van der Waals surface area contributed by atoms with Crippen LogP contribution < -0.4 is 5.73 Å². The summed E-state index contributed by atoms with van der Waals surface area (Å²) in [6.45, 7) is 0. The molecule has 0 amide bonds. The van der Waals surface area contributed by atoms with Gasteiger partial charge in [0.15, 0.2) is 0 Å². The number of hydrogen-bond donors (Lipinski definition) is 1. The fourth-order valence-electron chi connectivity index (χ4n) is 2.62. The number of piperidine rings is 1. The summed E-state index contributed by atoms with van der Waals surface area (Å²) >= 11 is 0. The Morgan fingerprint density at radius 3 is 2.25 bits per heavy atom. The van der Waals surface area contributed by atoms with E-state index in [0.29, 0.717) is 4.90 Å². The monoisotopic (exact) mass is 239 g/mol. The first-order valence-corrected chi connectivity index (χ1v) is 7.00. The SMILES string of the molecule is [NH3+]c1ccc(S(=O)(=O)N2C3CCCC32)cc1. The molecule has 1 aliphatic heterocycles. The predicted molar refractivity (Wildman–Crippen MR) is 59.4 cm³/mol. The van der Waals surface area contributed by atoms with E-state index < -0.39 is 10.0 Å². The van der Waals surface area contributed by atoms with Crippen molar-refractivity contribution in [1.29, 1.82) is 0 Å². The van der Waals surface area contributed by atoms with Crippen molar-refractivity contribution in [3.05, 3.63) is 24.3 Å². The molecule has 0 radical (unpaired) electrons. The Morgan fingerprint density at radius 2 is 1.69 bits per heavy atom. The third-order valence-corrected chi connectivity index (χ3v) is 5.47. The molecule has 1 aromatic carbocycles. The molecule has 2 fully saturated rings. The van der Waals surface area contributed by atoms with E-state index in [-0.39, 0.29) is 12.1 Å². The highest BCUT2D eigenvalue weighted by atomic mass is 32.2. The molecule has 3 N–H and O–H groups in total. The molecule has 5 heteroatoms. The molecule has 0 bridgehead atoms. The first kappa shape index (κ1) is 10.3. The highest BCUT2D eigenvalue weighted by molar-refractivity contribution is 7.89. The average Bonchev–Trinajstić information content (AvgIpc) is 2.77. The number of rotatable bonds is 2. The zero-order valence-electron chi connectivity index (χ0n) is 8.96. The molecule has 2 aliphatic rings. The molecule has 16 heavy (non-hydrogen) atoms. The van der Waals surface area contributed by atoms with Crippen LogP contribution in [0.1, 0.15) is 19.3 Å². The van der Waals surface area contributed by atoms with Crippen molar-refractivity contribution >= 4 is 15.7 Å². The molecule has 4 nitrogen and oxygen atoms in total. The number of fused-ring (bicyclic) bond motifs is 1. The molecule has 1 aromatic rings. The van der Waals surface area contributed by atoms with Gasteiger partial charge < -0.3 is 5.73 Å². The second kappa shape index (κ2) is 3.29. The largest absolute Gasteiger partial charge is 0.325 e. The zero-order chi connectivity index (χ0) is 11.3.